The summed E-state index contributed by atoms with van der Waals surface area (Å²) in [7, 11) is -4.05. The molecule has 172 valence electrons. The van der Waals surface area contributed by atoms with Gasteiger partial charge in [0.25, 0.3) is 10.0 Å². The van der Waals surface area contributed by atoms with Gasteiger partial charge in [-0.15, -0.1) is 13.2 Å². The minimum Gasteiger partial charge on any atom is -0.406 e. The van der Waals surface area contributed by atoms with Gasteiger partial charge in [0.05, 0.1) is 21.7 Å². The van der Waals surface area contributed by atoms with Crippen LogP contribution >= 0.6 is 22.9 Å². The van der Waals surface area contributed by atoms with E-state index in [1.807, 2.05) is 0 Å². The average molecular weight is 515 g/mol. The van der Waals surface area contributed by atoms with E-state index >= 15 is 0 Å². The van der Waals surface area contributed by atoms with Crippen molar-refractivity contribution in [3.63, 3.8) is 0 Å². The number of sulfonamides is 1. The van der Waals surface area contributed by atoms with E-state index < -0.39 is 22.1 Å². The summed E-state index contributed by atoms with van der Waals surface area (Å²) in [5.41, 5.74) is 1.49. The van der Waals surface area contributed by atoms with E-state index in [-0.39, 0.29) is 15.5 Å². The highest BCUT2D eigenvalue weighted by Gasteiger charge is 2.31. The molecule has 12 heteroatoms. The highest BCUT2D eigenvalue weighted by atomic mass is 35.5. The number of rotatable bonds is 6. The van der Waals surface area contributed by atoms with Crippen molar-refractivity contribution in [2.45, 2.75) is 17.8 Å². The maximum absolute atomic E-state index is 12.8. The zero-order valence-electron chi connectivity index (χ0n) is 16.5. The number of anilines is 1. The number of thiazole rings is 1. The molecule has 0 bridgehead atoms. The standard InChI is InChI=1S/C21H14ClF3N2O4S2/c22-14-3-1-13(2-4-14)12-27-18-10-9-17(11-19(18)32-20(27)28)33(29,30)26-15-5-7-16(8-6-15)31-21(23,24)25/h1-11,26H,12H2. The molecule has 0 radical (unpaired) electrons. The molecule has 0 aliphatic rings. The summed E-state index contributed by atoms with van der Waals surface area (Å²) in [4.78, 5) is 12.2. The Morgan fingerprint density at radius 2 is 1.67 bits per heavy atom. The smallest absolute Gasteiger partial charge is 0.406 e. The van der Waals surface area contributed by atoms with E-state index in [0.29, 0.717) is 21.8 Å². The van der Waals surface area contributed by atoms with Gasteiger partial charge in [0, 0.05) is 10.7 Å². The molecule has 1 N–H and O–H groups in total. The van der Waals surface area contributed by atoms with Crippen molar-refractivity contribution in [1.29, 1.82) is 0 Å². The fourth-order valence-corrected chi connectivity index (χ4v) is 5.29. The number of fused-ring (bicyclic) bond motifs is 1. The number of nitrogens with one attached hydrogen (secondary N) is 1. The fraction of sp³-hybridized carbons (Fsp3) is 0.0952. The number of halogens is 4. The minimum atomic E-state index is -4.85. The van der Waals surface area contributed by atoms with Crippen LogP contribution in [0.5, 0.6) is 5.75 Å². The first-order valence-electron chi connectivity index (χ1n) is 9.27. The molecule has 0 atom stereocenters. The van der Waals surface area contributed by atoms with Crippen LogP contribution in [-0.4, -0.2) is 19.3 Å². The third-order valence-electron chi connectivity index (χ3n) is 4.54. The summed E-state index contributed by atoms with van der Waals surface area (Å²) in [5.74, 6) is -0.473. The van der Waals surface area contributed by atoms with Gasteiger partial charge in [0.2, 0.25) is 0 Å². The van der Waals surface area contributed by atoms with E-state index in [0.717, 1.165) is 41.2 Å². The van der Waals surface area contributed by atoms with Gasteiger partial charge in [-0.05, 0) is 60.2 Å². The van der Waals surface area contributed by atoms with Crippen LogP contribution in [0.1, 0.15) is 5.56 Å². The second kappa shape index (κ2) is 8.73. The molecule has 4 aromatic rings. The average Bonchev–Trinajstić information content (AvgIpc) is 3.04. The number of aromatic nitrogens is 1. The second-order valence-electron chi connectivity index (χ2n) is 6.89. The second-order valence-corrected chi connectivity index (χ2v) is 10.00. The van der Waals surface area contributed by atoms with Crippen LogP contribution in [0, 0.1) is 0 Å². The highest BCUT2D eigenvalue weighted by Crippen LogP contribution is 2.27. The lowest BCUT2D eigenvalue weighted by Gasteiger charge is -2.11. The first kappa shape index (κ1) is 23.1. The van der Waals surface area contributed by atoms with Crippen LogP contribution in [-0.2, 0) is 16.6 Å². The number of ether oxygens (including phenoxy) is 1. The van der Waals surface area contributed by atoms with Gasteiger partial charge in [0.15, 0.2) is 0 Å². The van der Waals surface area contributed by atoms with Gasteiger partial charge in [-0.1, -0.05) is 35.1 Å². The molecule has 0 aliphatic heterocycles. The highest BCUT2D eigenvalue weighted by molar-refractivity contribution is 7.92. The lowest BCUT2D eigenvalue weighted by Crippen LogP contribution is -2.17. The zero-order chi connectivity index (χ0) is 23.8. The molecule has 0 spiro atoms. The van der Waals surface area contributed by atoms with E-state index in [1.54, 1.807) is 24.3 Å². The Morgan fingerprint density at radius 1 is 1.00 bits per heavy atom. The molecule has 0 amide bonds. The molecular weight excluding hydrogens is 501 g/mol. The Morgan fingerprint density at radius 3 is 2.30 bits per heavy atom. The van der Waals surface area contributed by atoms with Crippen molar-refractivity contribution in [3.05, 3.63) is 87.0 Å². The van der Waals surface area contributed by atoms with Gasteiger partial charge in [-0.3, -0.25) is 14.1 Å². The van der Waals surface area contributed by atoms with Crippen molar-refractivity contribution < 1.29 is 26.3 Å². The number of alkyl halides is 3. The van der Waals surface area contributed by atoms with Crippen molar-refractivity contribution in [1.82, 2.24) is 4.57 Å². The van der Waals surface area contributed by atoms with Crippen molar-refractivity contribution in [2.24, 2.45) is 0 Å². The first-order valence-corrected chi connectivity index (χ1v) is 11.9. The first-order chi connectivity index (χ1) is 15.5. The Hall–Kier alpha value is -3.02. The maximum atomic E-state index is 12.8. The Balaban J connectivity index is 1.57. The number of hydrogen-bond donors (Lipinski definition) is 1. The molecule has 0 saturated heterocycles. The normalized spacial score (nSPS) is 12.1. The van der Waals surface area contributed by atoms with Gasteiger partial charge in [0.1, 0.15) is 5.75 Å². The third-order valence-corrected chi connectivity index (χ3v) is 7.12. The van der Waals surface area contributed by atoms with Crippen LogP contribution in [0.3, 0.4) is 0 Å². The number of hydrogen-bond acceptors (Lipinski definition) is 5. The van der Waals surface area contributed by atoms with Gasteiger partial charge < -0.3 is 4.74 Å². The van der Waals surface area contributed by atoms with Gasteiger partial charge >= 0.3 is 11.2 Å². The molecule has 4 rings (SSSR count). The molecular formula is C21H14ClF3N2O4S2. The molecule has 6 nitrogen and oxygen atoms in total. The largest absolute Gasteiger partial charge is 0.573 e. The number of nitrogens with zero attached hydrogens (tertiary/aromatic N) is 1. The predicted molar refractivity (Wildman–Crippen MR) is 121 cm³/mol. The van der Waals surface area contributed by atoms with E-state index in [4.69, 9.17) is 11.6 Å². The zero-order valence-corrected chi connectivity index (χ0v) is 18.9. The summed E-state index contributed by atoms with van der Waals surface area (Å²) in [6.07, 6.45) is -4.85. The Labute approximate surface area is 194 Å². The van der Waals surface area contributed by atoms with Crippen LogP contribution in [0.25, 0.3) is 10.2 Å². The number of benzene rings is 3. The summed E-state index contributed by atoms with van der Waals surface area (Å²) in [6, 6.07) is 15.6. The molecule has 3 aromatic carbocycles. The monoisotopic (exact) mass is 514 g/mol. The summed E-state index contributed by atoms with van der Waals surface area (Å²) >= 11 is 6.80. The molecule has 1 heterocycles. The lowest BCUT2D eigenvalue weighted by atomic mass is 10.2. The minimum absolute atomic E-state index is 0.0538. The summed E-state index contributed by atoms with van der Waals surface area (Å²) in [6.45, 7) is 0.298. The van der Waals surface area contributed by atoms with Gasteiger partial charge in [-0.2, -0.15) is 0 Å². The van der Waals surface area contributed by atoms with Crippen LogP contribution in [0.15, 0.2) is 76.4 Å². The lowest BCUT2D eigenvalue weighted by molar-refractivity contribution is -0.274. The van der Waals surface area contributed by atoms with Crippen LogP contribution in [0.4, 0.5) is 18.9 Å². The summed E-state index contributed by atoms with van der Waals surface area (Å²) in [5, 5.41) is 0.575. The topological polar surface area (TPSA) is 77.4 Å². The SMILES string of the molecule is O=c1sc2cc(S(=O)(=O)Nc3ccc(OC(F)(F)F)cc3)ccc2n1Cc1ccc(Cl)cc1. The summed E-state index contributed by atoms with van der Waals surface area (Å²) < 4.78 is 70.4. The van der Waals surface area contributed by atoms with E-state index in [2.05, 4.69) is 9.46 Å². The molecule has 0 saturated carbocycles. The Kier molecular flexibility index (Phi) is 6.12. The van der Waals surface area contributed by atoms with E-state index in [9.17, 15) is 26.4 Å². The Bertz CT molecular complexity index is 1460. The van der Waals surface area contributed by atoms with Crippen LogP contribution < -0.4 is 14.3 Å². The van der Waals surface area contributed by atoms with Crippen LogP contribution in [0.2, 0.25) is 5.02 Å². The predicted octanol–water partition coefficient (Wildman–Crippen LogP) is 5.46. The van der Waals surface area contributed by atoms with E-state index in [1.165, 1.54) is 22.8 Å². The fourth-order valence-electron chi connectivity index (χ4n) is 3.07. The maximum Gasteiger partial charge on any atom is 0.573 e. The molecule has 1 aromatic heterocycles. The molecule has 0 unspecified atom stereocenters. The quantitative estimate of drug-likeness (QED) is 0.370. The van der Waals surface area contributed by atoms with Gasteiger partial charge in [-0.25, -0.2) is 8.42 Å². The third kappa shape index (κ3) is 5.49. The molecule has 0 fully saturated rings. The molecule has 0 aliphatic carbocycles. The van der Waals surface area contributed by atoms with Crippen molar-refractivity contribution in [2.75, 3.05) is 4.72 Å². The molecule has 33 heavy (non-hydrogen) atoms. The van der Waals surface area contributed by atoms with Crippen molar-refractivity contribution >= 4 is 48.9 Å². The van der Waals surface area contributed by atoms with Crippen molar-refractivity contribution in [3.8, 4) is 5.75 Å².